The lowest BCUT2D eigenvalue weighted by atomic mass is 10.2. The third-order valence-electron chi connectivity index (χ3n) is 3.06. The van der Waals surface area contributed by atoms with Gasteiger partial charge in [0.25, 0.3) is 0 Å². The summed E-state index contributed by atoms with van der Waals surface area (Å²) in [7, 11) is 5.65. The van der Waals surface area contributed by atoms with Gasteiger partial charge in [-0.3, -0.25) is 4.98 Å². The molecule has 1 aromatic heterocycles. The quantitative estimate of drug-likeness (QED) is 0.893. The number of pyridine rings is 1. The van der Waals surface area contributed by atoms with Crippen LogP contribution in [-0.2, 0) is 6.54 Å². The molecule has 0 saturated carbocycles. The average Bonchev–Trinajstić information content (AvgIpc) is 2.47. The minimum atomic E-state index is 0.812. The van der Waals surface area contributed by atoms with E-state index in [0.29, 0.717) is 0 Å². The van der Waals surface area contributed by atoms with Gasteiger partial charge in [-0.25, -0.2) is 0 Å². The van der Waals surface area contributed by atoms with E-state index in [2.05, 4.69) is 21.3 Å². The molecule has 0 unspecified atom stereocenters. The summed E-state index contributed by atoms with van der Waals surface area (Å²) >= 11 is 0. The van der Waals surface area contributed by atoms with Crippen LogP contribution < -0.4 is 15.0 Å². The molecule has 1 N–H and O–H groups in total. The number of rotatable bonds is 5. The Bertz CT molecular complexity index is 542. The number of benzene rings is 1. The Labute approximate surface area is 114 Å². The van der Waals surface area contributed by atoms with Gasteiger partial charge in [0.1, 0.15) is 5.75 Å². The maximum absolute atomic E-state index is 5.26. The SMILES string of the molecule is CNCc1ccncc1N(C)c1cccc(OC)c1. The van der Waals surface area contributed by atoms with Crippen molar-refractivity contribution < 1.29 is 4.74 Å². The van der Waals surface area contributed by atoms with Crippen molar-refractivity contribution in [2.75, 3.05) is 26.1 Å². The van der Waals surface area contributed by atoms with Crippen LogP contribution in [0, 0.1) is 0 Å². The zero-order chi connectivity index (χ0) is 13.7. The van der Waals surface area contributed by atoms with Gasteiger partial charge in [-0.1, -0.05) is 6.07 Å². The topological polar surface area (TPSA) is 37.4 Å². The van der Waals surface area contributed by atoms with Gasteiger partial charge in [0.2, 0.25) is 0 Å². The Morgan fingerprint density at radius 3 is 2.89 bits per heavy atom. The number of aromatic nitrogens is 1. The van der Waals surface area contributed by atoms with Crippen molar-refractivity contribution in [2.45, 2.75) is 6.54 Å². The van der Waals surface area contributed by atoms with E-state index < -0.39 is 0 Å². The van der Waals surface area contributed by atoms with E-state index in [1.807, 2.05) is 50.8 Å². The number of nitrogens with zero attached hydrogens (tertiary/aromatic N) is 2. The third-order valence-corrected chi connectivity index (χ3v) is 3.06. The Hall–Kier alpha value is -2.07. The van der Waals surface area contributed by atoms with Crippen LogP contribution in [-0.4, -0.2) is 26.2 Å². The molecule has 1 heterocycles. The number of hydrogen-bond acceptors (Lipinski definition) is 4. The van der Waals surface area contributed by atoms with Gasteiger partial charge < -0.3 is 15.0 Å². The number of nitrogens with one attached hydrogen (secondary N) is 1. The molecule has 0 atom stereocenters. The molecule has 0 amide bonds. The smallest absolute Gasteiger partial charge is 0.120 e. The van der Waals surface area contributed by atoms with Crippen molar-refractivity contribution in [3.8, 4) is 5.75 Å². The van der Waals surface area contributed by atoms with Gasteiger partial charge >= 0.3 is 0 Å². The van der Waals surface area contributed by atoms with E-state index in [1.54, 1.807) is 7.11 Å². The molecule has 0 fully saturated rings. The van der Waals surface area contributed by atoms with Crippen LogP contribution in [0.2, 0.25) is 0 Å². The van der Waals surface area contributed by atoms with E-state index >= 15 is 0 Å². The minimum absolute atomic E-state index is 0.812. The average molecular weight is 257 g/mol. The van der Waals surface area contributed by atoms with Crippen molar-refractivity contribution in [3.63, 3.8) is 0 Å². The first-order chi connectivity index (χ1) is 9.26. The Kier molecular flexibility index (Phi) is 4.36. The minimum Gasteiger partial charge on any atom is -0.497 e. The Balaban J connectivity index is 2.35. The van der Waals surface area contributed by atoms with E-state index in [0.717, 1.165) is 23.7 Å². The predicted molar refractivity (Wildman–Crippen MR) is 78.1 cm³/mol. The van der Waals surface area contributed by atoms with Crippen molar-refractivity contribution in [2.24, 2.45) is 0 Å². The maximum atomic E-state index is 5.26. The standard InChI is InChI=1S/C15H19N3O/c1-16-10-12-7-8-17-11-15(12)18(2)13-5-4-6-14(9-13)19-3/h4-9,11,16H,10H2,1-3H3. The van der Waals surface area contributed by atoms with Crippen LogP contribution in [0.15, 0.2) is 42.7 Å². The molecule has 0 aliphatic heterocycles. The second-order valence-electron chi connectivity index (χ2n) is 4.30. The fourth-order valence-electron chi connectivity index (χ4n) is 2.02. The lowest BCUT2D eigenvalue weighted by Crippen LogP contribution is -2.15. The first-order valence-corrected chi connectivity index (χ1v) is 6.21. The highest BCUT2D eigenvalue weighted by molar-refractivity contribution is 5.66. The fraction of sp³-hybridized carbons (Fsp3) is 0.267. The normalized spacial score (nSPS) is 10.3. The van der Waals surface area contributed by atoms with Gasteiger partial charge in [0, 0.05) is 31.5 Å². The molecule has 0 radical (unpaired) electrons. The van der Waals surface area contributed by atoms with Crippen molar-refractivity contribution >= 4 is 11.4 Å². The number of methoxy groups -OCH3 is 1. The lowest BCUT2D eigenvalue weighted by molar-refractivity contribution is 0.415. The van der Waals surface area contributed by atoms with Crippen LogP contribution in [0.3, 0.4) is 0 Å². The van der Waals surface area contributed by atoms with Crippen LogP contribution in [0.5, 0.6) is 5.75 Å². The van der Waals surface area contributed by atoms with E-state index in [9.17, 15) is 0 Å². The second-order valence-corrected chi connectivity index (χ2v) is 4.30. The zero-order valence-electron chi connectivity index (χ0n) is 11.6. The monoisotopic (exact) mass is 257 g/mol. The summed E-state index contributed by atoms with van der Waals surface area (Å²) in [6, 6.07) is 10.0. The highest BCUT2D eigenvalue weighted by Crippen LogP contribution is 2.28. The fourth-order valence-corrected chi connectivity index (χ4v) is 2.02. The molecule has 0 spiro atoms. The van der Waals surface area contributed by atoms with Crippen LogP contribution in [0.4, 0.5) is 11.4 Å². The van der Waals surface area contributed by atoms with Gasteiger partial charge in [-0.2, -0.15) is 0 Å². The van der Waals surface area contributed by atoms with E-state index in [-0.39, 0.29) is 0 Å². The summed E-state index contributed by atoms with van der Waals surface area (Å²) in [6.45, 7) is 0.812. The Morgan fingerprint density at radius 2 is 2.16 bits per heavy atom. The Morgan fingerprint density at radius 1 is 1.32 bits per heavy atom. The summed E-state index contributed by atoms with van der Waals surface area (Å²) in [5.74, 6) is 0.850. The summed E-state index contributed by atoms with van der Waals surface area (Å²) in [5, 5.41) is 3.17. The van der Waals surface area contributed by atoms with Crippen LogP contribution in [0.1, 0.15) is 5.56 Å². The molecular formula is C15H19N3O. The number of hydrogen-bond donors (Lipinski definition) is 1. The first kappa shape index (κ1) is 13.4. The van der Waals surface area contributed by atoms with Gasteiger partial charge in [-0.05, 0) is 30.8 Å². The summed E-state index contributed by atoms with van der Waals surface area (Å²) in [4.78, 5) is 6.33. The molecule has 4 heteroatoms. The van der Waals surface area contributed by atoms with Crippen LogP contribution >= 0.6 is 0 Å². The highest BCUT2D eigenvalue weighted by atomic mass is 16.5. The molecule has 100 valence electrons. The summed E-state index contributed by atoms with van der Waals surface area (Å²) < 4.78 is 5.26. The predicted octanol–water partition coefficient (Wildman–Crippen LogP) is 2.58. The molecular weight excluding hydrogens is 238 g/mol. The molecule has 0 aliphatic carbocycles. The highest BCUT2D eigenvalue weighted by Gasteiger charge is 2.09. The summed E-state index contributed by atoms with van der Waals surface area (Å²) in [6.07, 6.45) is 3.70. The molecule has 2 aromatic rings. The first-order valence-electron chi connectivity index (χ1n) is 6.21. The molecule has 19 heavy (non-hydrogen) atoms. The molecule has 4 nitrogen and oxygen atoms in total. The van der Waals surface area contributed by atoms with E-state index in [4.69, 9.17) is 4.74 Å². The van der Waals surface area contributed by atoms with Gasteiger partial charge in [0.05, 0.1) is 19.0 Å². The van der Waals surface area contributed by atoms with Crippen molar-refractivity contribution in [3.05, 3.63) is 48.3 Å². The second kappa shape index (κ2) is 6.20. The van der Waals surface area contributed by atoms with E-state index in [1.165, 1.54) is 5.56 Å². The lowest BCUT2D eigenvalue weighted by Gasteiger charge is -2.22. The van der Waals surface area contributed by atoms with Crippen molar-refractivity contribution in [1.82, 2.24) is 10.3 Å². The molecule has 0 aliphatic rings. The molecule has 2 rings (SSSR count). The number of ether oxygens (including phenoxy) is 1. The van der Waals surface area contributed by atoms with Crippen molar-refractivity contribution in [1.29, 1.82) is 0 Å². The molecule has 1 aromatic carbocycles. The van der Waals surface area contributed by atoms with Gasteiger partial charge in [0.15, 0.2) is 0 Å². The summed E-state index contributed by atoms with van der Waals surface area (Å²) in [5.41, 5.74) is 3.37. The molecule has 0 saturated heterocycles. The van der Waals surface area contributed by atoms with Crippen LogP contribution in [0.25, 0.3) is 0 Å². The molecule has 0 bridgehead atoms. The third kappa shape index (κ3) is 3.03. The zero-order valence-corrected chi connectivity index (χ0v) is 11.6. The largest absolute Gasteiger partial charge is 0.497 e. The number of anilines is 2. The maximum Gasteiger partial charge on any atom is 0.120 e. The van der Waals surface area contributed by atoms with Gasteiger partial charge in [-0.15, -0.1) is 0 Å².